The van der Waals surface area contributed by atoms with Crippen LogP contribution in [0.3, 0.4) is 0 Å². The Bertz CT molecular complexity index is 474. The van der Waals surface area contributed by atoms with Crippen molar-refractivity contribution in [3.8, 4) is 5.75 Å². The van der Waals surface area contributed by atoms with Crippen molar-refractivity contribution in [2.45, 2.75) is 33.2 Å². The molecule has 0 aliphatic heterocycles. The number of esters is 1. The Morgan fingerprint density at radius 1 is 1.45 bits per heavy atom. The molecule has 1 atom stereocenters. The van der Waals surface area contributed by atoms with Gasteiger partial charge >= 0.3 is 5.97 Å². The summed E-state index contributed by atoms with van der Waals surface area (Å²) in [6.07, 6.45) is 0.373. The van der Waals surface area contributed by atoms with Gasteiger partial charge in [-0.1, -0.05) is 6.07 Å². The fourth-order valence-electron chi connectivity index (χ4n) is 1.99. The predicted molar refractivity (Wildman–Crippen MR) is 74.9 cm³/mol. The Labute approximate surface area is 119 Å². The van der Waals surface area contributed by atoms with Crippen LogP contribution in [0.5, 0.6) is 5.75 Å². The third-order valence-corrected chi connectivity index (χ3v) is 3.16. The van der Waals surface area contributed by atoms with Crippen LogP contribution >= 0.6 is 0 Å². The summed E-state index contributed by atoms with van der Waals surface area (Å²) in [6.45, 7) is 5.62. The summed E-state index contributed by atoms with van der Waals surface area (Å²) in [5.41, 5.74) is 5.97. The van der Waals surface area contributed by atoms with E-state index in [0.717, 1.165) is 0 Å². The van der Waals surface area contributed by atoms with Gasteiger partial charge in [0.1, 0.15) is 0 Å². The second-order valence-electron chi connectivity index (χ2n) is 5.31. The van der Waals surface area contributed by atoms with Crippen LogP contribution in [0, 0.1) is 11.2 Å². The summed E-state index contributed by atoms with van der Waals surface area (Å²) in [7, 11) is 1.40. The van der Waals surface area contributed by atoms with Gasteiger partial charge in [-0.15, -0.1) is 0 Å². The highest BCUT2D eigenvalue weighted by molar-refractivity contribution is 5.75. The fourth-order valence-corrected chi connectivity index (χ4v) is 1.99. The first-order valence-electron chi connectivity index (χ1n) is 6.58. The minimum atomic E-state index is -0.716. The van der Waals surface area contributed by atoms with E-state index in [1.807, 2.05) is 0 Å². The number of hydrogen-bond acceptors (Lipinski definition) is 4. The fraction of sp³-hybridized carbons (Fsp3) is 0.533. The molecule has 2 N–H and O–H groups in total. The largest absolute Gasteiger partial charge is 0.494 e. The number of halogens is 1. The van der Waals surface area contributed by atoms with Crippen LogP contribution < -0.4 is 10.5 Å². The minimum absolute atomic E-state index is 0.172. The lowest BCUT2D eigenvalue weighted by molar-refractivity contribution is -0.154. The molecule has 20 heavy (non-hydrogen) atoms. The normalized spacial score (nSPS) is 12.9. The van der Waals surface area contributed by atoms with E-state index in [4.69, 9.17) is 15.2 Å². The third kappa shape index (κ3) is 3.93. The smallest absolute Gasteiger partial charge is 0.311 e. The van der Waals surface area contributed by atoms with Crippen LogP contribution in [0.25, 0.3) is 0 Å². The average Bonchev–Trinajstić information content (AvgIpc) is 2.38. The first kappa shape index (κ1) is 16.4. The highest BCUT2D eigenvalue weighted by atomic mass is 19.1. The molecule has 0 heterocycles. The second kappa shape index (κ2) is 6.70. The molecule has 4 nitrogen and oxygen atoms in total. The molecule has 112 valence electrons. The Morgan fingerprint density at radius 2 is 2.10 bits per heavy atom. The molecule has 0 radical (unpaired) electrons. The Kier molecular flexibility index (Phi) is 5.51. The molecular weight excluding hydrogens is 261 g/mol. The average molecular weight is 283 g/mol. The van der Waals surface area contributed by atoms with Crippen molar-refractivity contribution in [2.24, 2.45) is 11.1 Å². The quantitative estimate of drug-likeness (QED) is 0.815. The number of hydrogen-bond donors (Lipinski definition) is 1. The number of benzene rings is 1. The number of nitrogens with two attached hydrogens (primary N) is 1. The van der Waals surface area contributed by atoms with E-state index in [9.17, 15) is 9.18 Å². The zero-order valence-electron chi connectivity index (χ0n) is 12.4. The van der Waals surface area contributed by atoms with Crippen molar-refractivity contribution in [3.05, 3.63) is 29.6 Å². The van der Waals surface area contributed by atoms with Crippen LogP contribution in [-0.4, -0.2) is 19.7 Å². The Balaban J connectivity index is 2.82. The van der Waals surface area contributed by atoms with Crippen LogP contribution in [0.1, 0.15) is 38.8 Å². The van der Waals surface area contributed by atoms with Gasteiger partial charge < -0.3 is 15.2 Å². The molecule has 5 heteroatoms. The molecule has 0 amide bonds. The summed E-state index contributed by atoms with van der Waals surface area (Å²) in [6, 6.07) is 4.12. The Hall–Kier alpha value is -1.62. The van der Waals surface area contributed by atoms with Crippen LogP contribution in [0.2, 0.25) is 0 Å². The van der Waals surface area contributed by atoms with E-state index in [1.54, 1.807) is 26.8 Å². The SMILES string of the molecule is CCOC(=O)C(C)(C)CC(N)c1ccc(OC)c(F)c1. The maximum absolute atomic E-state index is 13.7. The molecule has 0 aliphatic rings. The van der Waals surface area contributed by atoms with E-state index >= 15 is 0 Å². The van der Waals surface area contributed by atoms with E-state index in [-0.39, 0.29) is 11.7 Å². The van der Waals surface area contributed by atoms with Crippen LogP contribution in [-0.2, 0) is 9.53 Å². The molecule has 1 aromatic carbocycles. The third-order valence-electron chi connectivity index (χ3n) is 3.16. The zero-order valence-corrected chi connectivity index (χ0v) is 12.4. The number of carbonyl (C=O) groups excluding carboxylic acids is 1. The van der Waals surface area contributed by atoms with Crippen LogP contribution in [0.4, 0.5) is 4.39 Å². The van der Waals surface area contributed by atoms with Crippen molar-refractivity contribution < 1.29 is 18.7 Å². The monoisotopic (exact) mass is 283 g/mol. The number of methoxy groups -OCH3 is 1. The van der Waals surface area contributed by atoms with Gasteiger partial charge in [0.15, 0.2) is 11.6 Å². The summed E-state index contributed by atoms with van der Waals surface area (Å²) in [4.78, 5) is 11.8. The van der Waals surface area contributed by atoms with Crippen molar-refractivity contribution >= 4 is 5.97 Å². The van der Waals surface area contributed by atoms with Gasteiger partial charge in [0.05, 0.1) is 19.1 Å². The van der Waals surface area contributed by atoms with Gasteiger partial charge in [0.2, 0.25) is 0 Å². The topological polar surface area (TPSA) is 61.5 Å². The van der Waals surface area contributed by atoms with E-state index in [1.165, 1.54) is 19.2 Å². The standard InChI is InChI=1S/C15H22FNO3/c1-5-20-14(18)15(2,3)9-12(17)10-6-7-13(19-4)11(16)8-10/h6-8,12H,5,9,17H2,1-4H3. The maximum Gasteiger partial charge on any atom is 0.311 e. The van der Waals surface area contributed by atoms with Crippen molar-refractivity contribution in [1.29, 1.82) is 0 Å². The summed E-state index contributed by atoms with van der Waals surface area (Å²) < 4.78 is 23.5. The van der Waals surface area contributed by atoms with Gasteiger partial charge in [-0.2, -0.15) is 0 Å². The first-order chi connectivity index (χ1) is 9.31. The van der Waals surface area contributed by atoms with Crippen molar-refractivity contribution in [1.82, 2.24) is 0 Å². The van der Waals surface area contributed by atoms with Gasteiger partial charge in [0, 0.05) is 6.04 Å². The zero-order chi connectivity index (χ0) is 15.3. The molecule has 1 rings (SSSR count). The molecule has 1 unspecified atom stereocenters. The van der Waals surface area contributed by atoms with E-state index < -0.39 is 17.3 Å². The highest BCUT2D eigenvalue weighted by Crippen LogP contribution is 2.31. The Morgan fingerprint density at radius 3 is 2.60 bits per heavy atom. The molecule has 0 saturated heterocycles. The number of ether oxygens (including phenoxy) is 2. The predicted octanol–water partition coefficient (Wildman–Crippen LogP) is 2.81. The molecule has 0 spiro atoms. The molecule has 0 aromatic heterocycles. The summed E-state index contributed by atoms with van der Waals surface area (Å²) >= 11 is 0. The summed E-state index contributed by atoms with van der Waals surface area (Å²) in [5, 5.41) is 0. The highest BCUT2D eigenvalue weighted by Gasteiger charge is 2.31. The van der Waals surface area contributed by atoms with E-state index in [2.05, 4.69) is 0 Å². The van der Waals surface area contributed by atoms with Crippen molar-refractivity contribution in [3.63, 3.8) is 0 Å². The first-order valence-corrected chi connectivity index (χ1v) is 6.58. The molecule has 0 bridgehead atoms. The summed E-state index contributed by atoms with van der Waals surface area (Å²) in [5.74, 6) is -0.593. The molecule has 0 aliphatic carbocycles. The van der Waals surface area contributed by atoms with Gasteiger partial charge in [-0.25, -0.2) is 4.39 Å². The minimum Gasteiger partial charge on any atom is -0.494 e. The molecular formula is C15H22FNO3. The number of rotatable bonds is 6. The molecule has 0 saturated carbocycles. The molecule has 0 fully saturated rings. The van der Waals surface area contributed by atoms with Crippen molar-refractivity contribution in [2.75, 3.05) is 13.7 Å². The number of carbonyl (C=O) groups is 1. The van der Waals surface area contributed by atoms with Gasteiger partial charge in [-0.3, -0.25) is 4.79 Å². The van der Waals surface area contributed by atoms with E-state index in [0.29, 0.717) is 18.6 Å². The second-order valence-corrected chi connectivity index (χ2v) is 5.31. The maximum atomic E-state index is 13.7. The molecule has 1 aromatic rings. The van der Waals surface area contributed by atoms with Gasteiger partial charge in [0.25, 0.3) is 0 Å². The lowest BCUT2D eigenvalue weighted by atomic mass is 9.84. The van der Waals surface area contributed by atoms with Crippen LogP contribution in [0.15, 0.2) is 18.2 Å². The van der Waals surface area contributed by atoms with Gasteiger partial charge in [-0.05, 0) is 44.9 Å². The lowest BCUT2D eigenvalue weighted by Gasteiger charge is -2.26. The lowest BCUT2D eigenvalue weighted by Crippen LogP contribution is -2.31.